The van der Waals surface area contributed by atoms with Crippen LogP contribution in [0.15, 0.2) is 79.4 Å². The van der Waals surface area contributed by atoms with E-state index in [9.17, 15) is 0 Å². The third kappa shape index (κ3) is 5.01. The van der Waals surface area contributed by atoms with Crippen molar-refractivity contribution in [1.82, 2.24) is 0 Å². The lowest BCUT2D eigenvalue weighted by atomic mass is 9.78. The molecule has 1 fully saturated rings. The molecule has 0 aliphatic heterocycles. The second kappa shape index (κ2) is 10.1. The summed E-state index contributed by atoms with van der Waals surface area (Å²) in [7, 11) is 0. The molecule has 0 nitrogen and oxygen atoms in total. The fraction of sp³-hybridized carbons (Fsp3) is 0.394. The standard InChI is InChI=1S/C33H38/c1-3-5-25-8-12-28(13-9-25)30-18-20-33-23-31(19-21-32(33)22-30)29-16-14-27(15-17-29)26-10-6-24(4-2)7-11-26/h4,8-9,12-17,19,21,23-24,26,30H,2-3,5-7,10-11,18,20,22H2,1H3. The van der Waals surface area contributed by atoms with Gasteiger partial charge in [0.25, 0.3) is 0 Å². The second-order valence-electron chi connectivity index (χ2n) is 10.4. The molecule has 0 heteroatoms. The Morgan fingerprint density at radius 2 is 1.39 bits per heavy atom. The first-order chi connectivity index (χ1) is 16.2. The fourth-order valence-electron chi connectivity index (χ4n) is 6.10. The van der Waals surface area contributed by atoms with Crippen molar-refractivity contribution in [3.05, 3.63) is 107 Å². The predicted molar refractivity (Wildman–Crippen MR) is 142 cm³/mol. The van der Waals surface area contributed by atoms with E-state index in [1.54, 1.807) is 11.1 Å². The molecule has 2 aliphatic rings. The molecule has 33 heavy (non-hydrogen) atoms. The van der Waals surface area contributed by atoms with Crippen molar-refractivity contribution in [2.24, 2.45) is 5.92 Å². The van der Waals surface area contributed by atoms with Crippen molar-refractivity contribution in [1.29, 1.82) is 0 Å². The molecule has 1 atom stereocenters. The van der Waals surface area contributed by atoms with Crippen LogP contribution in [0, 0.1) is 5.92 Å². The van der Waals surface area contributed by atoms with Crippen molar-refractivity contribution in [3.8, 4) is 11.1 Å². The van der Waals surface area contributed by atoms with Gasteiger partial charge in [-0.15, -0.1) is 6.58 Å². The van der Waals surface area contributed by atoms with Crippen LogP contribution in [0.1, 0.15) is 85.1 Å². The monoisotopic (exact) mass is 434 g/mol. The van der Waals surface area contributed by atoms with Gasteiger partial charge in [-0.25, -0.2) is 0 Å². The van der Waals surface area contributed by atoms with Gasteiger partial charge < -0.3 is 0 Å². The summed E-state index contributed by atoms with van der Waals surface area (Å²) >= 11 is 0. The van der Waals surface area contributed by atoms with E-state index in [1.165, 1.54) is 85.6 Å². The van der Waals surface area contributed by atoms with Gasteiger partial charge in [0, 0.05) is 0 Å². The van der Waals surface area contributed by atoms with Crippen molar-refractivity contribution >= 4 is 0 Å². The molecule has 0 radical (unpaired) electrons. The zero-order valence-electron chi connectivity index (χ0n) is 20.2. The van der Waals surface area contributed by atoms with E-state index >= 15 is 0 Å². The largest absolute Gasteiger partial charge is 0.103 e. The van der Waals surface area contributed by atoms with Crippen LogP contribution < -0.4 is 0 Å². The predicted octanol–water partition coefficient (Wildman–Crippen LogP) is 9.04. The molecule has 0 bridgehead atoms. The van der Waals surface area contributed by atoms with E-state index in [0.717, 1.165) is 11.8 Å². The van der Waals surface area contributed by atoms with E-state index in [4.69, 9.17) is 0 Å². The quantitative estimate of drug-likeness (QED) is 0.339. The first-order valence-electron chi connectivity index (χ1n) is 13.2. The van der Waals surface area contributed by atoms with E-state index in [-0.39, 0.29) is 0 Å². The molecule has 2 aliphatic carbocycles. The fourth-order valence-corrected chi connectivity index (χ4v) is 6.10. The third-order valence-electron chi connectivity index (χ3n) is 8.25. The van der Waals surface area contributed by atoms with Gasteiger partial charge in [-0.3, -0.25) is 0 Å². The molecule has 0 aromatic heterocycles. The van der Waals surface area contributed by atoms with Crippen LogP contribution >= 0.6 is 0 Å². The highest BCUT2D eigenvalue weighted by Crippen LogP contribution is 2.38. The molecular formula is C33H38. The maximum Gasteiger partial charge on any atom is -0.0118 e. The van der Waals surface area contributed by atoms with Gasteiger partial charge in [-0.2, -0.15) is 0 Å². The number of aryl methyl sites for hydroxylation is 2. The Morgan fingerprint density at radius 3 is 2.09 bits per heavy atom. The van der Waals surface area contributed by atoms with Crippen LogP contribution in [0.2, 0.25) is 0 Å². The van der Waals surface area contributed by atoms with Gasteiger partial charge in [-0.1, -0.05) is 86.2 Å². The average molecular weight is 435 g/mol. The van der Waals surface area contributed by atoms with Crippen molar-refractivity contribution < 1.29 is 0 Å². The smallest absolute Gasteiger partial charge is 0.0118 e. The minimum absolute atomic E-state index is 0.662. The van der Waals surface area contributed by atoms with E-state index < -0.39 is 0 Å². The molecule has 0 amide bonds. The molecule has 170 valence electrons. The molecule has 0 heterocycles. The molecule has 3 aromatic carbocycles. The van der Waals surface area contributed by atoms with Gasteiger partial charge in [0.2, 0.25) is 0 Å². The van der Waals surface area contributed by atoms with E-state index in [0.29, 0.717) is 5.92 Å². The third-order valence-corrected chi connectivity index (χ3v) is 8.25. The SMILES string of the molecule is C=CC1CCC(c2ccc(-c3ccc4c(c3)CCC(c3ccc(CCC)cc3)C4)cc2)CC1. The van der Waals surface area contributed by atoms with Crippen molar-refractivity contribution in [3.63, 3.8) is 0 Å². The maximum atomic E-state index is 3.99. The number of hydrogen-bond acceptors (Lipinski definition) is 0. The van der Waals surface area contributed by atoms with Gasteiger partial charge in [0.15, 0.2) is 0 Å². The summed E-state index contributed by atoms with van der Waals surface area (Å²) in [6.07, 6.45) is 13.4. The minimum Gasteiger partial charge on any atom is -0.103 e. The van der Waals surface area contributed by atoms with E-state index in [1.807, 2.05) is 0 Å². The highest BCUT2D eigenvalue weighted by molar-refractivity contribution is 5.65. The van der Waals surface area contributed by atoms with Gasteiger partial charge in [-0.05, 0) is 108 Å². The van der Waals surface area contributed by atoms with Gasteiger partial charge >= 0.3 is 0 Å². The summed E-state index contributed by atoms with van der Waals surface area (Å²) in [6, 6.07) is 26.1. The van der Waals surface area contributed by atoms with Crippen LogP contribution in [0.4, 0.5) is 0 Å². The summed E-state index contributed by atoms with van der Waals surface area (Å²) in [5.41, 5.74) is 10.3. The second-order valence-corrected chi connectivity index (χ2v) is 10.4. The molecule has 5 rings (SSSR count). The van der Waals surface area contributed by atoms with E-state index in [2.05, 4.69) is 86.3 Å². The summed E-state index contributed by atoms with van der Waals surface area (Å²) < 4.78 is 0. The Bertz CT molecular complexity index is 1060. The zero-order chi connectivity index (χ0) is 22.6. The minimum atomic E-state index is 0.662. The lowest BCUT2D eigenvalue weighted by Crippen LogP contribution is -2.13. The molecule has 1 saturated carbocycles. The molecule has 3 aromatic rings. The zero-order valence-corrected chi connectivity index (χ0v) is 20.2. The molecule has 0 spiro atoms. The Hall–Kier alpha value is -2.60. The molecule has 0 saturated heterocycles. The Labute approximate surface area is 200 Å². The Balaban J connectivity index is 1.26. The van der Waals surface area contributed by atoms with Crippen LogP contribution in [-0.4, -0.2) is 0 Å². The Kier molecular flexibility index (Phi) is 6.81. The highest BCUT2D eigenvalue weighted by Gasteiger charge is 2.22. The lowest BCUT2D eigenvalue weighted by molar-refractivity contribution is 0.376. The summed E-state index contributed by atoms with van der Waals surface area (Å²) in [5.74, 6) is 2.12. The average Bonchev–Trinajstić information content (AvgIpc) is 2.89. The van der Waals surface area contributed by atoms with Crippen LogP contribution in [0.5, 0.6) is 0 Å². The highest BCUT2D eigenvalue weighted by atomic mass is 14.3. The molecular weight excluding hydrogens is 396 g/mol. The number of benzene rings is 3. The summed E-state index contributed by atoms with van der Waals surface area (Å²) in [6.45, 7) is 6.24. The molecule has 0 N–H and O–H groups in total. The molecule has 1 unspecified atom stereocenters. The summed E-state index contributed by atoms with van der Waals surface area (Å²) in [5, 5.41) is 0. The maximum absolute atomic E-state index is 3.99. The van der Waals surface area contributed by atoms with Gasteiger partial charge in [0.1, 0.15) is 0 Å². The number of rotatable bonds is 6. The first kappa shape index (κ1) is 22.2. The van der Waals surface area contributed by atoms with Crippen molar-refractivity contribution in [2.45, 2.75) is 76.5 Å². The number of fused-ring (bicyclic) bond motifs is 1. The topological polar surface area (TPSA) is 0 Å². The van der Waals surface area contributed by atoms with Crippen molar-refractivity contribution in [2.75, 3.05) is 0 Å². The van der Waals surface area contributed by atoms with Crippen LogP contribution in [0.25, 0.3) is 11.1 Å². The van der Waals surface area contributed by atoms with Crippen LogP contribution in [-0.2, 0) is 19.3 Å². The lowest BCUT2D eigenvalue weighted by Gasteiger charge is -2.27. The Morgan fingerprint density at radius 1 is 0.727 bits per heavy atom. The number of allylic oxidation sites excluding steroid dienone is 1. The normalized spacial score (nSPS) is 22.5. The number of hydrogen-bond donors (Lipinski definition) is 0. The van der Waals surface area contributed by atoms with Gasteiger partial charge in [0.05, 0.1) is 0 Å². The first-order valence-corrected chi connectivity index (χ1v) is 13.2. The van der Waals surface area contributed by atoms with Crippen LogP contribution in [0.3, 0.4) is 0 Å². The summed E-state index contributed by atoms with van der Waals surface area (Å²) in [4.78, 5) is 0.